The van der Waals surface area contributed by atoms with Crippen LogP contribution in [-0.2, 0) is 22.7 Å². The molecule has 1 heterocycles. The highest BCUT2D eigenvalue weighted by atomic mass is 32.2. The van der Waals surface area contributed by atoms with Crippen molar-refractivity contribution >= 4 is 21.5 Å². The van der Waals surface area contributed by atoms with Crippen LogP contribution in [0.15, 0.2) is 52.4 Å². The third-order valence-electron chi connectivity index (χ3n) is 4.97. The fourth-order valence-corrected chi connectivity index (χ4v) is 5.62. The lowest BCUT2D eigenvalue weighted by Gasteiger charge is -2.10. The van der Waals surface area contributed by atoms with Crippen molar-refractivity contribution in [2.24, 2.45) is 10.7 Å². The number of sulfone groups is 1. The number of aryl methyl sites for hydroxylation is 2. The van der Waals surface area contributed by atoms with Gasteiger partial charge in [0.25, 0.3) is 0 Å². The molecule has 2 aromatic rings. The van der Waals surface area contributed by atoms with Gasteiger partial charge in [0.1, 0.15) is 0 Å². The van der Waals surface area contributed by atoms with E-state index in [1.807, 2.05) is 18.2 Å². The zero-order valence-corrected chi connectivity index (χ0v) is 14.7. The van der Waals surface area contributed by atoms with Crippen LogP contribution in [0.4, 0.5) is 5.69 Å². The molecule has 130 valence electrons. The second-order valence-electron chi connectivity index (χ2n) is 6.70. The topological polar surface area (TPSA) is 84.5 Å². The third kappa shape index (κ3) is 3.14. The number of anilines is 1. The Hall–Kier alpha value is -2.34. The van der Waals surface area contributed by atoms with Gasteiger partial charge in [-0.3, -0.25) is 4.99 Å². The number of hydrogen-bond donors (Lipinski definition) is 2. The quantitative estimate of drug-likeness (QED) is 0.654. The first-order valence-electron chi connectivity index (χ1n) is 8.53. The SMILES string of the molecule is NC(=NCC1CS(=O)(=O)c2ccccc21)Nc1ccc2c(c1)CCC2. The van der Waals surface area contributed by atoms with E-state index >= 15 is 0 Å². The minimum Gasteiger partial charge on any atom is -0.370 e. The molecule has 1 aliphatic heterocycles. The minimum absolute atomic E-state index is 0.0992. The van der Waals surface area contributed by atoms with Crippen molar-refractivity contribution in [3.05, 3.63) is 59.2 Å². The number of guanidine groups is 1. The first-order valence-corrected chi connectivity index (χ1v) is 10.2. The van der Waals surface area contributed by atoms with E-state index in [1.54, 1.807) is 12.1 Å². The second kappa shape index (κ2) is 6.19. The predicted octanol–water partition coefficient (Wildman–Crippen LogP) is 2.47. The van der Waals surface area contributed by atoms with Crippen molar-refractivity contribution in [1.29, 1.82) is 0 Å². The highest BCUT2D eigenvalue weighted by molar-refractivity contribution is 7.91. The van der Waals surface area contributed by atoms with Crippen LogP contribution in [0.1, 0.15) is 29.0 Å². The summed E-state index contributed by atoms with van der Waals surface area (Å²) < 4.78 is 24.4. The molecule has 6 heteroatoms. The Labute approximate surface area is 147 Å². The molecule has 0 fully saturated rings. The van der Waals surface area contributed by atoms with Gasteiger partial charge < -0.3 is 11.1 Å². The average molecular weight is 355 g/mol. The molecule has 3 N–H and O–H groups in total. The minimum atomic E-state index is -3.20. The maximum atomic E-state index is 12.2. The molecule has 0 aromatic heterocycles. The van der Waals surface area contributed by atoms with E-state index in [4.69, 9.17) is 5.73 Å². The van der Waals surface area contributed by atoms with Gasteiger partial charge in [-0.2, -0.15) is 0 Å². The van der Waals surface area contributed by atoms with Crippen LogP contribution >= 0.6 is 0 Å². The van der Waals surface area contributed by atoms with E-state index in [0.29, 0.717) is 17.4 Å². The number of hydrogen-bond acceptors (Lipinski definition) is 3. The molecule has 0 amide bonds. The Morgan fingerprint density at radius 1 is 1.16 bits per heavy atom. The molecular weight excluding hydrogens is 334 g/mol. The van der Waals surface area contributed by atoms with E-state index in [-0.39, 0.29) is 11.7 Å². The Morgan fingerprint density at radius 2 is 1.96 bits per heavy atom. The van der Waals surface area contributed by atoms with Crippen LogP contribution in [0.3, 0.4) is 0 Å². The molecule has 25 heavy (non-hydrogen) atoms. The highest BCUT2D eigenvalue weighted by Crippen LogP contribution is 2.34. The van der Waals surface area contributed by atoms with Crippen molar-refractivity contribution in [3.8, 4) is 0 Å². The number of fused-ring (bicyclic) bond motifs is 2. The number of nitrogens with two attached hydrogens (primary N) is 1. The summed E-state index contributed by atoms with van der Waals surface area (Å²) in [5, 5.41) is 3.12. The predicted molar refractivity (Wildman–Crippen MR) is 99.8 cm³/mol. The largest absolute Gasteiger partial charge is 0.370 e. The highest BCUT2D eigenvalue weighted by Gasteiger charge is 2.33. The van der Waals surface area contributed by atoms with Gasteiger partial charge in [-0.25, -0.2) is 8.42 Å². The van der Waals surface area contributed by atoms with Crippen molar-refractivity contribution < 1.29 is 8.42 Å². The zero-order chi connectivity index (χ0) is 17.4. The molecule has 0 spiro atoms. The van der Waals surface area contributed by atoms with Crippen molar-refractivity contribution in [1.82, 2.24) is 0 Å². The Morgan fingerprint density at radius 3 is 2.84 bits per heavy atom. The summed E-state index contributed by atoms with van der Waals surface area (Å²) in [6, 6.07) is 13.4. The normalized spacial score (nSPS) is 21.0. The molecular formula is C19H21N3O2S. The zero-order valence-electron chi connectivity index (χ0n) is 13.9. The van der Waals surface area contributed by atoms with E-state index < -0.39 is 9.84 Å². The lowest BCUT2D eigenvalue weighted by Crippen LogP contribution is -2.24. The summed E-state index contributed by atoms with van der Waals surface area (Å²) in [4.78, 5) is 4.81. The summed E-state index contributed by atoms with van der Waals surface area (Å²) in [7, 11) is -3.20. The molecule has 0 saturated heterocycles. The molecule has 0 saturated carbocycles. The first-order chi connectivity index (χ1) is 12.0. The summed E-state index contributed by atoms with van der Waals surface area (Å²) >= 11 is 0. The van der Waals surface area contributed by atoms with Gasteiger partial charge in [0, 0.05) is 11.6 Å². The molecule has 4 rings (SSSR count). The maximum absolute atomic E-state index is 12.2. The van der Waals surface area contributed by atoms with Crippen LogP contribution in [0.25, 0.3) is 0 Å². The molecule has 2 aliphatic rings. The fourth-order valence-electron chi connectivity index (χ4n) is 3.74. The number of nitrogens with zero attached hydrogens (tertiary/aromatic N) is 1. The molecule has 0 bridgehead atoms. The van der Waals surface area contributed by atoms with E-state index in [1.165, 1.54) is 17.5 Å². The smallest absolute Gasteiger partial charge is 0.193 e. The number of aliphatic imine (C=N–C) groups is 1. The van der Waals surface area contributed by atoms with Crippen LogP contribution in [0.2, 0.25) is 0 Å². The summed E-state index contributed by atoms with van der Waals surface area (Å²) in [5.74, 6) is 0.281. The molecule has 1 aliphatic carbocycles. The molecule has 2 aromatic carbocycles. The third-order valence-corrected chi connectivity index (χ3v) is 6.85. The second-order valence-corrected chi connectivity index (χ2v) is 8.71. The summed E-state index contributed by atoms with van der Waals surface area (Å²) in [6.07, 6.45) is 3.46. The van der Waals surface area contributed by atoms with Crippen LogP contribution in [0.5, 0.6) is 0 Å². The monoisotopic (exact) mass is 355 g/mol. The van der Waals surface area contributed by atoms with Crippen molar-refractivity contribution in [2.75, 3.05) is 17.6 Å². The number of nitrogens with one attached hydrogen (secondary N) is 1. The summed E-state index contributed by atoms with van der Waals surface area (Å²) in [6.45, 7) is 0.361. The number of rotatable bonds is 3. The number of benzene rings is 2. The standard InChI is InChI=1S/C19H21N3O2S/c20-19(22-16-9-8-13-4-3-5-14(13)10-16)21-11-15-12-25(23,24)18-7-2-1-6-17(15)18/h1-2,6-10,15H,3-5,11-12H2,(H3,20,21,22). The van der Waals surface area contributed by atoms with Crippen LogP contribution < -0.4 is 11.1 Å². The van der Waals surface area contributed by atoms with Gasteiger partial charge in [0.05, 0.1) is 17.2 Å². The lowest BCUT2D eigenvalue weighted by atomic mass is 10.0. The van der Waals surface area contributed by atoms with E-state index in [9.17, 15) is 8.42 Å². The van der Waals surface area contributed by atoms with Crippen LogP contribution in [-0.4, -0.2) is 26.7 Å². The van der Waals surface area contributed by atoms with Gasteiger partial charge in [0.2, 0.25) is 0 Å². The van der Waals surface area contributed by atoms with Crippen molar-refractivity contribution in [2.45, 2.75) is 30.1 Å². The molecule has 0 radical (unpaired) electrons. The molecule has 5 nitrogen and oxygen atoms in total. The van der Waals surface area contributed by atoms with Gasteiger partial charge in [-0.15, -0.1) is 0 Å². The Balaban J connectivity index is 1.47. The van der Waals surface area contributed by atoms with Gasteiger partial charge >= 0.3 is 0 Å². The average Bonchev–Trinajstić information content (AvgIpc) is 3.15. The van der Waals surface area contributed by atoms with Gasteiger partial charge in [0.15, 0.2) is 15.8 Å². The fraction of sp³-hybridized carbons (Fsp3) is 0.316. The maximum Gasteiger partial charge on any atom is 0.193 e. The van der Waals surface area contributed by atoms with E-state index in [0.717, 1.165) is 24.1 Å². The van der Waals surface area contributed by atoms with E-state index in [2.05, 4.69) is 22.4 Å². The summed E-state index contributed by atoms with van der Waals surface area (Å²) in [5.41, 5.74) is 10.6. The van der Waals surface area contributed by atoms with Gasteiger partial charge in [-0.05, 0) is 54.2 Å². The Kier molecular flexibility index (Phi) is 4.00. The van der Waals surface area contributed by atoms with Gasteiger partial charge in [-0.1, -0.05) is 24.3 Å². The Bertz CT molecular complexity index is 951. The molecule has 1 unspecified atom stereocenters. The van der Waals surface area contributed by atoms with Crippen LogP contribution in [0, 0.1) is 0 Å². The lowest BCUT2D eigenvalue weighted by molar-refractivity contribution is 0.597. The van der Waals surface area contributed by atoms with Crippen molar-refractivity contribution in [3.63, 3.8) is 0 Å². The molecule has 1 atom stereocenters. The first kappa shape index (κ1) is 16.1.